The van der Waals surface area contributed by atoms with Crippen molar-refractivity contribution in [1.82, 2.24) is 19.7 Å². The van der Waals surface area contributed by atoms with Gasteiger partial charge in [-0.05, 0) is 29.5 Å². The second kappa shape index (κ2) is 4.13. The molecular weight excluding hydrogens is 346 g/mol. The summed E-state index contributed by atoms with van der Waals surface area (Å²) in [5.41, 5.74) is 1.43. The molecule has 0 aromatic carbocycles. The van der Waals surface area contributed by atoms with Gasteiger partial charge in [0.25, 0.3) is 0 Å². The lowest BCUT2D eigenvalue weighted by molar-refractivity contribution is 0.170. The van der Waals surface area contributed by atoms with Gasteiger partial charge in [-0.15, -0.1) is 4.68 Å². The maximum Gasteiger partial charge on any atom is 0.436 e. The number of methoxy groups -OCH3 is 1. The molecule has 0 saturated carbocycles. The first-order chi connectivity index (χ1) is 7.54. The van der Waals surface area contributed by atoms with Crippen LogP contribution < -0.4 is 0 Å². The van der Waals surface area contributed by atoms with Crippen LogP contribution in [0.3, 0.4) is 0 Å². The van der Waals surface area contributed by atoms with E-state index in [9.17, 15) is 4.79 Å². The van der Waals surface area contributed by atoms with E-state index in [0.717, 1.165) is 4.68 Å². The summed E-state index contributed by atoms with van der Waals surface area (Å²) >= 11 is 7.82. The largest absolute Gasteiger partial charge is 0.451 e. The summed E-state index contributed by atoms with van der Waals surface area (Å²) in [7, 11) is 1.27. The van der Waals surface area contributed by atoms with E-state index < -0.39 is 6.09 Å². The average molecular weight is 353 g/mol. The SMILES string of the molecule is COC(=O)n1nc(I)c2nc(C)c(Cl)nc21. The van der Waals surface area contributed by atoms with Crippen LogP contribution in [0.5, 0.6) is 0 Å². The summed E-state index contributed by atoms with van der Waals surface area (Å²) in [4.78, 5) is 19.7. The first kappa shape index (κ1) is 11.5. The Morgan fingerprint density at radius 1 is 1.50 bits per heavy atom. The first-order valence-corrected chi connectivity index (χ1v) is 5.67. The van der Waals surface area contributed by atoms with Crippen molar-refractivity contribution < 1.29 is 9.53 Å². The molecule has 0 aliphatic rings. The number of hydrogen-bond acceptors (Lipinski definition) is 5. The van der Waals surface area contributed by atoms with Gasteiger partial charge in [0.1, 0.15) is 5.52 Å². The number of rotatable bonds is 0. The van der Waals surface area contributed by atoms with Crippen LogP contribution in [0.4, 0.5) is 4.79 Å². The molecule has 0 radical (unpaired) electrons. The van der Waals surface area contributed by atoms with Crippen LogP contribution in [0, 0.1) is 10.6 Å². The predicted octanol–water partition coefficient (Wildman–Crippen LogP) is 2.01. The fraction of sp³-hybridized carbons (Fsp3) is 0.250. The number of hydrogen-bond donors (Lipinski definition) is 0. The van der Waals surface area contributed by atoms with E-state index in [1.807, 2.05) is 22.6 Å². The minimum atomic E-state index is -0.623. The highest BCUT2D eigenvalue weighted by Crippen LogP contribution is 2.20. The van der Waals surface area contributed by atoms with Crippen LogP contribution in [0.1, 0.15) is 5.69 Å². The lowest BCUT2D eigenvalue weighted by Gasteiger charge is -1.99. The molecule has 0 unspecified atom stereocenters. The molecule has 2 heterocycles. The Kier molecular flexibility index (Phi) is 2.98. The van der Waals surface area contributed by atoms with Crippen LogP contribution in [0.15, 0.2) is 0 Å². The molecule has 84 valence electrons. The highest BCUT2D eigenvalue weighted by Gasteiger charge is 2.18. The van der Waals surface area contributed by atoms with Gasteiger partial charge in [-0.3, -0.25) is 0 Å². The highest BCUT2D eigenvalue weighted by atomic mass is 127. The van der Waals surface area contributed by atoms with Gasteiger partial charge in [-0.1, -0.05) is 11.6 Å². The van der Waals surface area contributed by atoms with Crippen molar-refractivity contribution in [1.29, 1.82) is 0 Å². The number of fused-ring (bicyclic) bond motifs is 1. The number of aromatic nitrogens is 4. The zero-order valence-corrected chi connectivity index (χ0v) is 11.3. The van der Waals surface area contributed by atoms with Crippen LogP contribution >= 0.6 is 34.2 Å². The Labute approximate surface area is 109 Å². The Morgan fingerprint density at radius 2 is 2.19 bits per heavy atom. The number of carbonyl (C=O) groups is 1. The Hall–Kier alpha value is -0.960. The molecule has 0 amide bonds. The van der Waals surface area contributed by atoms with E-state index in [1.165, 1.54) is 7.11 Å². The molecule has 6 nitrogen and oxygen atoms in total. The number of carbonyl (C=O) groups excluding carboxylic acids is 1. The third-order valence-electron chi connectivity index (χ3n) is 1.93. The molecule has 0 aliphatic heterocycles. The van der Waals surface area contributed by atoms with Crippen LogP contribution in [-0.2, 0) is 4.74 Å². The van der Waals surface area contributed by atoms with E-state index in [1.54, 1.807) is 6.92 Å². The number of nitrogens with zero attached hydrogens (tertiary/aromatic N) is 4. The summed E-state index contributed by atoms with van der Waals surface area (Å²) in [6.45, 7) is 1.74. The maximum absolute atomic E-state index is 11.4. The van der Waals surface area contributed by atoms with Crippen LogP contribution in [-0.4, -0.2) is 33.0 Å². The molecule has 0 atom stereocenters. The van der Waals surface area contributed by atoms with E-state index in [4.69, 9.17) is 11.6 Å². The standard InChI is InChI=1S/C8H6ClIN4O2/c1-3-5(9)12-7-4(11-3)6(10)13-14(7)8(15)16-2/h1-2H3. The second-order valence-electron chi connectivity index (χ2n) is 2.94. The van der Waals surface area contributed by atoms with Crippen molar-refractivity contribution in [3.63, 3.8) is 0 Å². The average Bonchev–Trinajstić information content (AvgIpc) is 2.56. The molecule has 8 heteroatoms. The molecule has 0 bridgehead atoms. The molecule has 2 aromatic heterocycles. The number of aryl methyl sites for hydroxylation is 1. The molecule has 2 aromatic rings. The van der Waals surface area contributed by atoms with E-state index in [0.29, 0.717) is 20.6 Å². The lowest BCUT2D eigenvalue weighted by atomic mass is 10.4. The molecule has 0 saturated heterocycles. The van der Waals surface area contributed by atoms with Crippen molar-refractivity contribution in [3.05, 3.63) is 14.5 Å². The monoisotopic (exact) mass is 352 g/mol. The summed E-state index contributed by atoms with van der Waals surface area (Å²) in [5.74, 6) is 0. The van der Waals surface area contributed by atoms with Gasteiger partial charge in [0.15, 0.2) is 14.5 Å². The zero-order valence-electron chi connectivity index (χ0n) is 8.36. The van der Waals surface area contributed by atoms with Gasteiger partial charge in [0, 0.05) is 0 Å². The molecule has 2 rings (SSSR count). The number of ether oxygens (including phenoxy) is 1. The summed E-state index contributed by atoms with van der Waals surface area (Å²) in [5, 5.41) is 4.23. The van der Waals surface area contributed by atoms with Gasteiger partial charge in [0.05, 0.1) is 12.8 Å². The summed E-state index contributed by atoms with van der Waals surface area (Å²) < 4.78 is 6.19. The third kappa shape index (κ3) is 1.73. The van der Waals surface area contributed by atoms with E-state index in [-0.39, 0.29) is 5.15 Å². The van der Waals surface area contributed by atoms with Crippen molar-refractivity contribution in [2.24, 2.45) is 0 Å². The Bertz CT molecular complexity index is 583. The van der Waals surface area contributed by atoms with Gasteiger partial charge < -0.3 is 4.74 Å². The van der Waals surface area contributed by atoms with Crippen molar-refractivity contribution in [2.45, 2.75) is 6.92 Å². The summed E-state index contributed by atoms with van der Waals surface area (Å²) in [6, 6.07) is 0. The molecule has 16 heavy (non-hydrogen) atoms. The molecular formula is C8H6ClIN4O2. The fourth-order valence-electron chi connectivity index (χ4n) is 1.17. The minimum Gasteiger partial charge on any atom is -0.451 e. The normalized spacial score (nSPS) is 10.8. The van der Waals surface area contributed by atoms with Gasteiger partial charge >= 0.3 is 6.09 Å². The third-order valence-corrected chi connectivity index (χ3v) is 3.01. The smallest absolute Gasteiger partial charge is 0.436 e. The van der Waals surface area contributed by atoms with Crippen molar-refractivity contribution in [3.8, 4) is 0 Å². The quantitative estimate of drug-likeness (QED) is 0.678. The van der Waals surface area contributed by atoms with Crippen LogP contribution in [0.2, 0.25) is 5.15 Å². The molecule has 0 N–H and O–H groups in total. The van der Waals surface area contributed by atoms with Crippen LogP contribution in [0.25, 0.3) is 11.2 Å². The van der Waals surface area contributed by atoms with E-state index in [2.05, 4.69) is 19.8 Å². The minimum absolute atomic E-state index is 0.244. The van der Waals surface area contributed by atoms with Gasteiger partial charge in [-0.2, -0.15) is 5.10 Å². The topological polar surface area (TPSA) is 69.9 Å². The number of halogens is 2. The maximum atomic E-state index is 11.4. The van der Waals surface area contributed by atoms with Gasteiger partial charge in [0.2, 0.25) is 0 Å². The second-order valence-corrected chi connectivity index (χ2v) is 4.32. The van der Waals surface area contributed by atoms with Gasteiger partial charge in [-0.25, -0.2) is 14.8 Å². The Balaban J connectivity index is 2.78. The molecule has 0 aliphatic carbocycles. The van der Waals surface area contributed by atoms with Crippen molar-refractivity contribution >= 4 is 51.4 Å². The molecule has 0 spiro atoms. The molecule has 0 fully saturated rings. The lowest BCUT2D eigenvalue weighted by Crippen LogP contribution is -2.13. The fourth-order valence-corrected chi connectivity index (χ4v) is 1.87. The Morgan fingerprint density at radius 3 is 2.81 bits per heavy atom. The zero-order chi connectivity index (χ0) is 11.9. The first-order valence-electron chi connectivity index (χ1n) is 4.21. The predicted molar refractivity (Wildman–Crippen MR) is 65.6 cm³/mol. The summed E-state index contributed by atoms with van der Waals surface area (Å²) in [6.07, 6.45) is -0.623. The van der Waals surface area contributed by atoms with Crippen molar-refractivity contribution in [2.75, 3.05) is 7.11 Å². The van der Waals surface area contributed by atoms with E-state index >= 15 is 0 Å². The highest BCUT2D eigenvalue weighted by molar-refractivity contribution is 14.1.